The molecule has 0 aliphatic carbocycles. The molecular weight excluding hydrogens is 362 g/mol. The molecule has 0 radical (unpaired) electrons. The number of rotatable bonds is 3. The molecule has 2 atom stereocenters. The number of nitrogens with zero attached hydrogens (tertiary/aromatic N) is 6. The smallest absolute Gasteiger partial charge is 0.194 e. The Balaban J connectivity index is 1.44. The van der Waals surface area contributed by atoms with Gasteiger partial charge in [-0.15, -0.1) is 0 Å². The number of piperidine rings is 1. The molecule has 0 aromatic carbocycles. The van der Waals surface area contributed by atoms with Crippen LogP contribution in [0, 0.1) is 5.92 Å². The lowest BCUT2D eigenvalue weighted by atomic mass is 9.93. The van der Waals surface area contributed by atoms with Gasteiger partial charge in [0.1, 0.15) is 5.65 Å². The Hall–Kier alpha value is -2.54. The van der Waals surface area contributed by atoms with E-state index in [2.05, 4.69) is 36.7 Å². The molecule has 3 aromatic heterocycles. The molecule has 0 saturated carbocycles. The highest BCUT2D eigenvalue weighted by Crippen LogP contribution is 2.27. The summed E-state index contributed by atoms with van der Waals surface area (Å²) in [6.45, 7) is 4.83. The van der Waals surface area contributed by atoms with Crippen LogP contribution in [-0.2, 0) is 6.54 Å². The number of guanidine groups is 1. The van der Waals surface area contributed by atoms with E-state index in [0.29, 0.717) is 23.5 Å². The number of fused-ring (bicyclic) bond motifs is 1. The summed E-state index contributed by atoms with van der Waals surface area (Å²) in [5.41, 5.74) is 1.84. The van der Waals surface area contributed by atoms with E-state index in [-0.39, 0.29) is 0 Å². The van der Waals surface area contributed by atoms with Crippen molar-refractivity contribution < 1.29 is 0 Å². The van der Waals surface area contributed by atoms with Gasteiger partial charge in [0, 0.05) is 44.9 Å². The van der Waals surface area contributed by atoms with Gasteiger partial charge in [-0.2, -0.15) is 0 Å². The maximum Gasteiger partial charge on any atom is 0.194 e. The fourth-order valence-corrected chi connectivity index (χ4v) is 3.87. The second kappa shape index (κ2) is 7.60. The molecule has 1 aliphatic heterocycles. The number of imidazole rings is 2. The first kappa shape index (κ1) is 17.9. The van der Waals surface area contributed by atoms with Crippen LogP contribution in [0.4, 0.5) is 0 Å². The van der Waals surface area contributed by atoms with Crippen LogP contribution in [0.5, 0.6) is 0 Å². The molecule has 4 rings (SSSR count). The van der Waals surface area contributed by atoms with E-state index < -0.39 is 0 Å². The van der Waals surface area contributed by atoms with Gasteiger partial charge in [0.25, 0.3) is 0 Å². The van der Waals surface area contributed by atoms with E-state index in [1.54, 1.807) is 0 Å². The lowest BCUT2D eigenvalue weighted by molar-refractivity contribution is 0.189. The molecule has 0 amide bonds. The minimum Gasteiger partial charge on any atom is -0.351 e. The molecule has 1 aliphatic rings. The van der Waals surface area contributed by atoms with E-state index >= 15 is 0 Å². The summed E-state index contributed by atoms with van der Waals surface area (Å²) >= 11 is 6.05. The van der Waals surface area contributed by atoms with Gasteiger partial charge in [-0.25, -0.2) is 9.97 Å². The number of hydrogen-bond acceptors (Lipinski definition) is 3. The molecule has 0 bridgehead atoms. The fraction of sp³-hybridized carbons (Fsp3) is 0.421. The number of aliphatic imine (C=N–C) groups is 1. The van der Waals surface area contributed by atoms with Crippen LogP contribution in [0.15, 0.2) is 48.2 Å². The fourth-order valence-electron chi connectivity index (χ4n) is 3.70. The van der Waals surface area contributed by atoms with E-state index in [4.69, 9.17) is 11.6 Å². The molecule has 1 saturated heterocycles. The van der Waals surface area contributed by atoms with E-state index in [0.717, 1.165) is 36.8 Å². The highest BCUT2D eigenvalue weighted by atomic mass is 35.5. The lowest BCUT2D eigenvalue weighted by Gasteiger charge is -2.39. The van der Waals surface area contributed by atoms with Gasteiger partial charge in [-0.1, -0.05) is 18.5 Å². The summed E-state index contributed by atoms with van der Waals surface area (Å²) in [6.07, 6.45) is 10.8. The highest BCUT2D eigenvalue weighted by Gasteiger charge is 2.28. The maximum absolute atomic E-state index is 6.05. The zero-order chi connectivity index (χ0) is 18.8. The first-order chi connectivity index (χ1) is 13.1. The average molecular weight is 386 g/mol. The largest absolute Gasteiger partial charge is 0.351 e. The summed E-state index contributed by atoms with van der Waals surface area (Å²) in [6, 6.07) is 4.17. The Labute approximate surface area is 163 Å². The van der Waals surface area contributed by atoms with Crippen molar-refractivity contribution in [2.24, 2.45) is 10.9 Å². The maximum atomic E-state index is 6.05. The summed E-state index contributed by atoms with van der Waals surface area (Å²) in [5, 5.41) is 4.15. The van der Waals surface area contributed by atoms with Gasteiger partial charge in [-0.05, 0) is 24.5 Å². The minimum atomic E-state index is 0.400. The molecule has 142 valence electrons. The second-order valence-electron chi connectivity index (χ2n) is 7.04. The van der Waals surface area contributed by atoms with E-state index in [1.165, 1.54) is 0 Å². The summed E-state index contributed by atoms with van der Waals surface area (Å²) in [7, 11) is 1.83. The van der Waals surface area contributed by atoms with Gasteiger partial charge >= 0.3 is 0 Å². The van der Waals surface area contributed by atoms with Crippen LogP contribution < -0.4 is 5.32 Å². The average Bonchev–Trinajstić information content (AvgIpc) is 3.32. The predicted molar refractivity (Wildman–Crippen MR) is 107 cm³/mol. The third-order valence-electron chi connectivity index (χ3n) is 5.23. The molecule has 8 heteroatoms. The predicted octanol–water partition coefficient (Wildman–Crippen LogP) is 2.84. The molecule has 3 aromatic rings. The molecule has 7 nitrogen and oxygen atoms in total. The van der Waals surface area contributed by atoms with Crippen LogP contribution in [-0.4, -0.2) is 49.9 Å². The van der Waals surface area contributed by atoms with Crippen molar-refractivity contribution in [2.45, 2.75) is 25.9 Å². The van der Waals surface area contributed by atoms with Crippen LogP contribution in [0.1, 0.15) is 25.1 Å². The first-order valence-corrected chi connectivity index (χ1v) is 9.58. The normalized spacial score (nSPS) is 21.0. The third-order valence-corrected chi connectivity index (χ3v) is 5.45. The second-order valence-corrected chi connectivity index (χ2v) is 7.47. The molecule has 2 unspecified atom stereocenters. The number of likely N-dealkylation sites (tertiary alicyclic amines) is 1. The Morgan fingerprint density at radius 2 is 2.26 bits per heavy atom. The Morgan fingerprint density at radius 1 is 1.37 bits per heavy atom. The Bertz CT molecular complexity index is 931. The van der Waals surface area contributed by atoms with Crippen LogP contribution in [0.25, 0.3) is 5.65 Å². The Morgan fingerprint density at radius 3 is 3.04 bits per heavy atom. The van der Waals surface area contributed by atoms with Crippen molar-refractivity contribution in [1.82, 2.24) is 29.2 Å². The number of aromatic nitrogens is 4. The van der Waals surface area contributed by atoms with Crippen molar-refractivity contribution in [3.8, 4) is 0 Å². The third kappa shape index (κ3) is 3.78. The Kier molecular flexibility index (Phi) is 5.03. The van der Waals surface area contributed by atoms with Crippen LogP contribution in [0.3, 0.4) is 0 Å². The van der Waals surface area contributed by atoms with Gasteiger partial charge in [-0.3, -0.25) is 4.99 Å². The number of halogens is 1. The summed E-state index contributed by atoms with van der Waals surface area (Å²) in [5.74, 6) is 1.51. The molecule has 1 N–H and O–H groups in total. The molecule has 4 heterocycles. The highest BCUT2D eigenvalue weighted by molar-refractivity contribution is 6.30. The molecule has 27 heavy (non-hydrogen) atoms. The van der Waals surface area contributed by atoms with Crippen molar-refractivity contribution >= 4 is 23.2 Å². The standard InChI is InChI=1S/C19H24ClN7/c1-14-5-7-25(12-17(14)26-8-6-22-13-26)19(21-2)23-9-16-11-27-10-15(20)3-4-18(27)24-16/h3-4,6,8,10-11,13-14,17H,5,7,9,12H2,1-2H3,(H,21,23). The van der Waals surface area contributed by atoms with Crippen molar-refractivity contribution in [1.29, 1.82) is 0 Å². The number of nitrogens with one attached hydrogen (secondary N) is 1. The summed E-state index contributed by atoms with van der Waals surface area (Å²) in [4.78, 5) is 15.6. The number of hydrogen-bond donors (Lipinski definition) is 1. The molecule has 0 spiro atoms. The summed E-state index contributed by atoms with van der Waals surface area (Å²) < 4.78 is 4.15. The zero-order valence-electron chi connectivity index (χ0n) is 15.6. The van der Waals surface area contributed by atoms with Gasteiger partial charge in [0.2, 0.25) is 0 Å². The van der Waals surface area contributed by atoms with Crippen LogP contribution >= 0.6 is 11.6 Å². The molecule has 1 fully saturated rings. The van der Waals surface area contributed by atoms with E-state index in [9.17, 15) is 0 Å². The minimum absolute atomic E-state index is 0.400. The van der Waals surface area contributed by atoms with Crippen molar-refractivity contribution in [3.05, 3.63) is 54.0 Å². The van der Waals surface area contributed by atoms with E-state index in [1.807, 2.05) is 54.7 Å². The van der Waals surface area contributed by atoms with Crippen molar-refractivity contribution in [3.63, 3.8) is 0 Å². The molecular formula is C19H24ClN7. The van der Waals surface area contributed by atoms with Gasteiger partial charge in [0.05, 0.1) is 29.6 Å². The quantitative estimate of drug-likeness (QED) is 0.556. The first-order valence-electron chi connectivity index (χ1n) is 9.20. The lowest BCUT2D eigenvalue weighted by Crippen LogP contribution is -2.48. The SMILES string of the molecule is CN=C(NCc1cn2cc(Cl)ccc2n1)N1CCC(C)C(n2ccnc2)C1. The zero-order valence-corrected chi connectivity index (χ0v) is 16.3. The van der Waals surface area contributed by atoms with Gasteiger partial charge < -0.3 is 19.2 Å². The van der Waals surface area contributed by atoms with Gasteiger partial charge in [0.15, 0.2) is 5.96 Å². The van der Waals surface area contributed by atoms with Crippen molar-refractivity contribution in [2.75, 3.05) is 20.1 Å². The van der Waals surface area contributed by atoms with Crippen LogP contribution in [0.2, 0.25) is 5.02 Å². The number of pyridine rings is 1. The topological polar surface area (TPSA) is 62.8 Å². The monoisotopic (exact) mass is 385 g/mol.